The van der Waals surface area contributed by atoms with Crippen LogP contribution < -0.4 is 5.32 Å². The lowest BCUT2D eigenvalue weighted by Crippen LogP contribution is -2.40. The third-order valence-electron chi connectivity index (χ3n) is 5.96. The van der Waals surface area contributed by atoms with Crippen molar-refractivity contribution in [1.29, 1.82) is 0 Å². The monoisotopic (exact) mass is 421 g/mol. The van der Waals surface area contributed by atoms with Crippen LogP contribution in [0.5, 0.6) is 0 Å². The van der Waals surface area contributed by atoms with Crippen molar-refractivity contribution in [3.63, 3.8) is 0 Å². The van der Waals surface area contributed by atoms with Gasteiger partial charge in [0, 0.05) is 30.8 Å². The minimum Gasteiger partial charge on any atom is -0.359 e. The first kappa shape index (κ1) is 21.0. The Labute approximate surface area is 180 Å². The van der Waals surface area contributed by atoms with Crippen LogP contribution in [0.15, 0.2) is 66.7 Å². The highest BCUT2D eigenvalue weighted by Crippen LogP contribution is 2.43. The SMILES string of the molecule is CNC(=O)C(C)(C)C(C1=CCCC=C1)c1ccc2c(-c3ccc(F)cc3F)ncn2c1. The number of benzene rings is 1. The van der Waals surface area contributed by atoms with Crippen LogP contribution in [0.4, 0.5) is 8.78 Å². The number of carbonyl (C=O) groups is 1. The fourth-order valence-corrected chi connectivity index (χ4v) is 4.40. The zero-order chi connectivity index (χ0) is 22.2. The van der Waals surface area contributed by atoms with Crippen molar-refractivity contribution in [2.24, 2.45) is 5.41 Å². The zero-order valence-corrected chi connectivity index (χ0v) is 17.8. The molecule has 0 saturated heterocycles. The number of hydrogen-bond donors (Lipinski definition) is 1. The van der Waals surface area contributed by atoms with Crippen molar-refractivity contribution in [2.45, 2.75) is 32.6 Å². The van der Waals surface area contributed by atoms with Crippen LogP contribution in [0.2, 0.25) is 0 Å². The number of nitrogens with zero attached hydrogens (tertiary/aromatic N) is 2. The second kappa shape index (κ2) is 8.10. The Morgan fingerprint density at radius 1 is 1.19 bits per heavy atom. The van der Waals surface area contributed by atoms with E-state index in [0.29, 0.717) is 11.2 Å². The molecule has 0 aliphatic heterocycles. The maximum Gasteiger partial charge on any atom is 0.226 e. The van der Waals surface area contributed by atoms with Crippen LogP contribution >= 0.6 is 0 Å². The molecule has 0 saturated carbocycles. The number of fused-ring (bicyclic) bond motifs is 1. The number of hydrogen-bond acceptors (Lipinski definition) is 2. The lowest BCUT2D eigenvalue weighted by molar-refractivity contribution is -0.129. The molecule has 2 aromatic heterocycles. The van der Waals surface area contributed by atoms with Crippen LogP contribution in [0.1, 0.15) is 38.2 Å². The quantitative estimate of drug-likeness (QED) is 0.599. The zero-order valence-electron chi connectivity index (χ0n) is 17.8. The van der Waals surface area contributed by atoms with Gasteiger partial charge in [-0.1, -0.05) is 38.1 Å². The van der Waals surface area contributed by atoms with E-state index in [-0.39, 0.29) is 17.4 Å². The molecule has 2 heterocycles. The third kappa shape index (κ3) is 3.78. The summed E-state index contributed by atoms with van der Waals surface area (Å²) in [6.45, 7) is 3.88. The Balaban J connectivity index is 1.82. The normalized spacial score (nSPS) is 15.1. The van der Waals surface area contributed by atoms with Gasteiger partial charge in [-0.15, -0.1) is 0 Å². The fraction of sp³-hybridized carbons (Fsp3) is 0.280. The van der Waals surface area contributed by atoms with Crippen molar-refractivity contribution >= 4 is 11.4 Å². The number of pyridine rings is 1. The molecule has 3 aromatic rings. The van der Waals surface area contributed by atoms with Crippen molar-refractivity contribution < 1.29 is 13.6 Å². The second-order valence-corrected chi connectivity index (χ2v) is 8.39. The first-order chi connectivity index (χ1) is 14.8. The molecule has 4 nitrogen and oxygen atoms in total. The first-order valence-corrected chi connectivity index (χ1v) is 10.3. The van der Waals surface area contributed by atoms with Crippen molar-refractivity contribution in [1.82, 2.24) is 14.7 Å². The molecular weight excluding hydrogens is 396 g/mol. The Morgan fingerprint density at radius 2 is 2.00 bits per heavy atom. The highest BCUT2D eigenvalue weighted by atomic mass is 19.1. The highest BCUT2D eigenvalue weighted by Gasteiger charge is 2.39. The Bertz CT molecular complexity index is 1210. The summed E-state index contributed by atoms with van der Waals surface area (Å²) in [5.74, 6) is -1.49. The van der Waals surface area contributed by atoms with Crippen LogP contribution in [-0.4, -0.2) is 22.3 Å². The number of imidazole rings is 1. The number of halogens is 2. The standard InChI is InChI=1S/C25H25F2N3O/c1-25(2,24(31)28-3)22(16-7-5-4-6-8-16)17-9-12-21-23(29-15-30(21)14-17)19-11-10-18(26)13-20(19)27/h5,7-15,22H,4,6H2,1-3H3,(H,28,31). The molecule has 1 aromatic carbocycles. The fourth-order valence-electron chi connectivity index (χ4n) is 4.40. The molecule has 4 rings (SSSR count). The van der Waals surface area contributed by atoms with Gasteiger partial charge in [-0.25, -0.2) is 13.8 Å². The van der Waals surface area contributed by atoms with Crippen molar-refractivity contribution in [3.05, 3.63) is 83.9 Å². The van der Waals surface area contributed by atoms with Crippen molar-refractivity contribution in [2.75, 3.05) is 7.05 Å². The predicted octanol–water partition coefficient (Wildman–Crippen LogP) is 5.41. The Morgan fingerprint density at radius 3 is 2.68 bits per heavy atom. The number of amides is 1. The van der Waals surface area contributed by atoms with E-state index in [0.717, 1.165) is 30.0 Å². The molecular formula is C25H25F2N3O. The van der Waals surface area contributed by atoms with Gasteiger partial charge < -0.3 is 9.72 Å². The molecule has 0 bridgehead atoms. The van der Waals surface area contributed by atoms with E-state index in [1.165, 1.54) is 12.1 Å². The van der Waals surface area contributed by atoms with E-state index in [1.807, 2.05) is 36.6 Å². The minimum atomic E-state index is -0.692. The van der Waals surface area contributed by atoms with Crippen LogP contribution in [0.3, 0.4) is 0 Å². The van der Waals surface area contributed by atoms with Gasteiger partial charge in [0.05, 0.1) is 23.0 Å². The average molecular weight is 421 g/mol. The van der Waals surface area contributed by atoms with Gasteiger partial charge >= 0.3 is 0 Å². The predicted molar refractivity (Wildman–Crippen MR) is 118 cm³/mol. The number of aromatic nitrogens is 2. The Kier molecular flexibility index (Phi) is 5.48. The molecule has 0 spiro atoms. The van der Waals surface area contributed by atoms with E-state index in [2.05, 4.69) is 28.5 Å². The van der Waals surface area contributed by atoms with Gasteiger partial charge in [0.2, 0.25) is 5.91 Å². The van der Waals surface area contributed by atoms with Gasteiger partial charge in [0.1, 0.15) is 11.6 Å². The molecule has 160 valence electrons. The van der Waals surface area contributed by atoms with Crippen LogP contribution in [0.25, 0.3) is 16.8 Å². The summed E-state index contributed by atoms with van der Waals surface area (Å²) in [7, 11) is 1.65. The molecule has 1 atom stereocenters. The summed E-state index contributed by atoms with van der Waals surface area (Å²) in [4.78, 5) is 17.1. The van der Waals surface area contributed by atoms with Crippen molar-refractivity contribution in [3.8, 4) is 11.3 Å². The molecule has 1 unspecified atom stereocenters. The Hall–Kier alpha value is -3.28. The van der Waals surface area contributed by atoms with E-state index >= 15 is 0 Å². The van der Waals surface area contributed by atoms with Crippen LogP contribution in [0, 0.1) is 17.0 Å². The average Bonchev–Trinajstić information content (AvgIpc) is 3.17. The number of allylic oxidation sites excluding steroid dienone is 4. The van der Waals surface area contributed by atoms with E-state index < -0.39 is 17.0 Å². The number of nitrogens with one attached hydrogen (secondary N) is 1. The van der Waals surface area contributed by atoms with E-state index in [9.17, 15) is 13.6 Å². The number of rotatable bonds is 5. The smallest absolute Gasteiger partial charge is 0.226 e. The minimum absolute atomic E-state index is 0.0443. The van der Waals surface area contributed by atoms with E-state index in [1.54, 1.807) is 13.4 Å². The van der Waals surface area contributed by atoms with Gasteiger partial charge in [0.15, 0.2) is 0 Å². The molecule has 1 aliphatic rings. The largest absolute Gasteiger partial charge is 0.359 e. The van der Waals surface area contributed by atoms with Gasteiger partial charge in [0.25, 0.3) is 0 Å². The summed E-state index contributed by atoms with van der Waals surface area (Å²) in [5.41, 5.74) is 2.77. The molecule has 1 amide bonds. The van der Waals surface area contributed by atoms with E-state index in [4.69, 9.17) is 0 Å². The summed E-state index contributed by atoms with van der Waals surface area (Å²) in [6.07, 6.45) is 11.9. The third-order valence-corrected chi connectivity index (χ3v) is 5.96. The maximum atomic E-state index is 14.3. The van der Waals surface area contributed by atoms with Crippen LogP contribution in [-0.2, 0) is 4.79 Å². The lowest BCUT2D eigenvalue weighted by Gasteiger charge is -2.35. The summed E-state index contributed by atoms with van der Waals surface area (Å²) >= 11 is 0. The summed E-state index contributed by atoms with van der Waals surface area (Å²) < 4.78 is 29.5. The first-order valence-electron chi connectivity index (χ1n) is 10.3. The maximum absolute atomic E-state index is 14.3. The molecule has 0 fully saturated rings. The molecule has 0 radical (unpaired) electrons. The molecule has 6 heteroatoms. The molecule has 31 heavy (non-hydrogen) atoms. The van der Waals surface area contributed by atoms with Gasteiger partial charge in [-0.2, -0.15) is 0 Å². The molecule has 1 aliphatic carbocycles. The topological polar surface area (TPSA) is 46.4 Å². The van der Waals surface area contributed by atoms with Gasteiger partial charge in [-0.3, -0.25) is 4.79 Å². The highest BCUT2D eigenvalue weighted by molar-refractivity contribution is 5.84. The summed E-state index contributed by atoms with van der Waals surface area (Å²) in [5, 5.41) is 2.79. The lowest BCUT2D eigenvalue weighted by atomic mass is 9.69. The number of carbonyl (C=O) groups excluding carboxylic acids is 1. The molecule has 1 N–H and O–H groups in total. The second-order valence-electron chi connectivity index (χ2n) is 8.39. The van der Waals surface area contributed by atoms with Gasteiger partial charge in [-0.05, 0) is 42.2 Å². The summed E-state index contributed by atoms with van der Waals surface area (Å²) in [6, 6.07) is 7.32.